The van der Waals surface area contributed by atoms with E-state index in [1.807, 2.05) is 0 Å². The lowest BCUT2D eigenvalue weighted by atomic mass is 10.1. The fourth-order valence-corrected chi connectivity index (χ4v) is 2.13. The Morgan fingerprint density at radius 1 is 1.64 bits per heavy atom. The maximum Gasteiger partial charge on any atom is 0.293 e. The second-order valence-corrected chi connectivity index (χ2v) is 4.34. The number of nitrogens with zero attached hydrogens (tertiary/aromatic N) is 2. The second kappa shape index (κ2) is 4.95. The molecular weight excluding hydrogens is 220 g/mol. The van der Waals surface area contributed by atoms with Crippen LogP contribution in [0, 0.1) is 5.92 Å². The Labute approximate surface area is 92.2 Å². The fraction of sp³-hybridized carbons (Fsp3) is 0.750. The average molecular weight is 232 g/mol. The van der Waals surface area contributed by atoms with Crippen LogP contribution in [0.3, 0.4) is 0 Å². The molecule has 1 unspecified atom stereocenters. The van der Waals surface area contributed by atoms with Crippen LogP contribution in [0.2, 0.25) is 0 Å². The molecule has 0 amide bonds. The summed E-state index contributed by atoms with van der Waals surface area (Å²) in [6, 6.07) is 0. The summed E-state index contributed by atoms with van der Waals surface area (Å²) in [6.45, 7) is 2.46. The number of thiol groups is 1. The molecule has 0 spiro atoms. The molecule has 1 aromatic heterocycles. The molecule has 0 aromatic carbocycles. The Balaban J connectivity index is 1.67. The van der Waals surface area contributed by atoms with Gasteiger partial charge in [-0.1, -0.05) is 0 Å². The standard InChI is InChI=1S/C8H12N2O2S2/c13-7-9-8(14-10-7)12-4-2-6-1-3-11-5-6/h6H,1-5H2,(H,10,13). The number of aromatic nitrogens is 2. The highest BCUT2D eigenvalue weighted by Crippen LogP contribution is 2.19. The normalized spacial score (nSPS) is 21.4. The van der Waals surface area contributed by atoms with Crippen molar-refractivity contribution in [2.75, 3.05) is 19.8 Å². The van der Waals surface area contributed by atoms with Gasteiger partial charge in [-0.3, -0.25) is 0 Å². The van der Waals surface area contributed by atoms with Crippen LogP contribution in [0.1, 0.15) is 12.8 Å². The van der Waals surface area contributed by atoms with Gasteiger partial charge in [-0.15, -0.1) is 12.6 Å². The quantitative estimate of drug-likeness (QED) is 0.801. The Bertz CT molecular complexity index is 287. The summed E-state index contributed by atoms with van der Waals surface area (Å²) in [4.78, 5) is 3.99. The van der Waals surface area contributed by atoms with Crippen molar-refractivity contribution in [1.29, 1.82) is 0 Å². The Hall–Kier alpha value is -0.330. The summed E-state index contributed by atoms with van der Waals surface area (Å²) in [5, 5.41) is 1.09. The number of hydrogen-bond donors (Lipinski definition) is 1. The second-order valence-electron chi connectivity index (χ2n) is 3.23. The van der Waals surface area contributed by atoms with Gasteiger partial charge in [0.15, 0.2) is 0 Å². The maximum absolute atomic E-state index is 5.43. The van der Waals surface area contributed by atoms with Crippen molar-refractivity contribution in [3.63, 3.8) is 0 Å². The molecule has 1 aromatic rings. The molecule has 1 saturated heterocycles. The zero-order chi connectivity index (χ0) is 9.80. The molecular formula is C8H12N2O2S2. The maximum atomic E-state index is 5.43. The Morgan fingerprint density at radius 2 is 2.57 bits per heavy atom. The van der Waals surface area contributed by atoms with Crippen molar-refractivity contribution in [1.82, 2.24) is 9.36 Å². The first-order valence-electron chi connectivity index (χ1n) is 4.58. The van der Waals surface area contributed by atoms with Crippen molar-refractivity contribution in [3.05, 3.63) is 0 Å². The highest BCUT2D eigenvalue weighted by molar-refractivity contribution is 7.80. The molecule has 0 bridgehead atoms. The van der Waals surface area contributed by atoms with Gasteiger partial charge in [0.05, 0.1) is 6.61 Å². The highest BCUT2D eigenvalue weighted by Gasteiger charge is 2.15. The molecule has 0 radical (unpaired) electrons. The van der Waals surface area contributed by atoms with Crippen LogP contribution in [-0.2, 0) is 4.74 Å². The van der Waals surface area contributed by atoms with Crippen LogP contribution in [-0.4, -0.2) is 29.2 Å². The van der Waals surface area contributed by atoms with E-state index in [1.54, 1.807) is 0 Å². The van der Waals surface area contributed by atoms with Gasteiger partial charge in [-0.05, 0) is 18.8 Å². The predicted molar refractivity (Wildman–Crippen MR) is 56.2 cm³/mol. The lowest BCUT2D eigenvalue weighted by Crippen LogP contribution is -2.06. The van der Waals surface area contributed by atoms with Crippen LogP contribution in [0.5, 0.6) is 5.19 Å². The third-order valence-corrected chi connectivity index (χ3v) is 3.14. The van der Waals surface area contributed by atoms with Gasteiger partial charge in [0.25, 0.3) is 5.19 Å². The van der Waals surface area contributed by atoms with Crippen LogP contribution in [0.15, 0.2) is 5.16 Å². The summed E-state index contributed by atoms with van der Waals surface area (Å²) in [5.74, 6) is 0.651. The first-order chi connectivity index (χ1) is 6.84. The van der Waals surface area contributed by atoms with E-state index >= 15 is 0 Å². The molecule has 1 aliphatic rings. The molecule has 1 fully saturated rings. The molecule has 78 valence electrons. The molecule has 14 heavy (non-hydrogen) atoms. The third kappa shape index (κ3) is 2.83. The van der Waals surface area contributed by atoms with Crippen LogP contribution in [0.4, 0.5) is 0 Å². The first kappa shape index (κ1) is 10.2. The highest BCUT2D eigenvalue weighted by atomic mass is 32.1. The Kier molecular flexibility index (Phi) is 3.61. The van der Waals surface area contributed by atoms with Crippen molar-refractivity contribution in [2.24, 2.45) is 5.92 Å². The summed E-state index contributed by atoms with van der Waals surface area (Å²) in [5.41, 5.74) is 0. The van der Waals surface area contributed by atoms with Gasteiger partial charge in [0.2, 0.25) is 5.16 Å². The van der Waals surface area contributed by atoms with E-state index in [0.717, 1.165) is 26.1 Å². The smallest absolute Gasteiger partial charge is 0.293 e. The lowest BCUT2D eigenvalue weighted by Gasteiger charge is -2.06. The van der Waals surface area contributed by atoms with Crippen LogP contribution in [0.25, 0.3) is 0 Å². The topological polar surface area (TPSA) is 44.2 Å². The van der Waals surface area contributed by atoms with E-state index in [1.165, 1.54) is 11.5 Å². The van der Waals surface area contributed by atoms with E-state index in [4.69, 9.17) is 9.47 Å². The minimum atomic E-state index is 0.481. The van der Waals surface area contributed by atoms with Gasteiger partial charge in [0, 0.05) is 24.7 Å². The molecule has 1 aliphatic heterocycles. The van der Waals surface area contributed by atoms with Gasteiger partial charge in [-0.25, -0.2) is 0 Å². The van der Waals surface area contributed by atoms with Gasteiger partial charge < -0.3 is 9.47 Å². The molecule has 2 rings (SSSR count). The molecule has 6 heteroatoms. The van der Waals surface area contributed by atoms with Crippen molar-refractivity contribution >= 4 is 24.2 Å². The number of hydrogen-bond acceptors (Lipinski definition) is 6. The lowest BCUT2D eigenvalue weighted by molar-refractivity contribution is 0.178. The SMILES string of the molecule is Sc1nsc(OCCC2CCOC2)n1. The average Bonchev–Trinajstić information content (AvgIpc) is 2.77. The molecule has 1 atom stereocenters. The summed E-state index contributed by atoms with van der Waals surface area (Å²) < 4.78 is 14.6. The molecule has 0 aliphatic carbocycles. The van der Waals surface area contributed by atoms with Crippen LogP contribution >= 0.6 is 24.2 Å². The first-order valence-corrected chi connectivity index (χ1v) is 5.80. The van der Waals surface area contributed by atoms with Gasteiger partial charge in [-0.2, -0.15) is 9.36 Å². The fourth-order valence-electron chi connectivity index (χ4n) is 1.38. The van der Waals surface area contributed by atoms with Crippen molar-refractivity contribution in [2.45, 2.75) is 18.0 Å². The molecule has 2 heterocycles. The third-order valence-electron chi connectivity index (χ3n) is 2.17. The van der Waals surface area contributed by atoms with Gasteiger partial charge in [0.1, 0.15) is 0 Å². The number of rotatable bonds is 4. The minimum absolute atomic E-state index is 0.481. The van der Waals surface area contributed by atoms with Gasteiger partial charge >= 0.3 is 0 Å². The zero-order valence-electron chi connectivity index (χ0n) is 7.68. The van der Waals surface area contributed by atoms with Crippen LogP contribution < -0.4 is 4.74 Å². The summed E-state index contributed by atoms with van der Waals surface area (Å²) in [6.07, 6.45) is 2.18. The minimum Gasteiger partial charge on any atom is -0.469 e. The van der Waals surface area contributed by atoms with Crippen molar-refractivity contribution in [3.8, 4) is 5.19 Å². The van der Waals surface area contributed by atoms with E-state index in [0.29, 0.717) is 22.9 Å². The predicted octanol–water partition coefficient (Wildman–Crippen LogP) is 1.63. The largest absolute Gasteiger partial charge is 0.469 e. The molecule has 0 saturated carbocycles. The number of ether oxygens (including phenoxy) is 2. The van der Waals surface area contributed by atoms with E-state index < -0.39 is 0 Å². The Morgan fingerprint density at radius 3 is 3.21 bits per heavy atom. The van der Waals surface area contributed by atoms with E-state index in [2.05, 4.69) is 22.0 Å². The van der Waals surface area contributed by atoms with Crippen molar-refractivity contribution < 1.29 is 9.47 Å². The summed E-state index contributed by atoms with van der Waals surface area (Å²) >= 11 is 5.24. The molecule has 4 nitrogen and oxygen atoms in total. The van der Waals surface area contributed by atoms with E-state index in [-0.39, 0.29) is 0 Å². The molecule has 0 N–H and O–H groups in total. The zero-order valence-corrected chi connectivity index (χ0v) is 9.39. The van der Waals surface area contributed by atoms with E-state index in [9.17, 15) is 0 Å². The summed E-state index contributed by atoms with van der Waals surface area (Å²) in [7, 11) is 0. The monoisotopic (exact) mass is 232 g/mol.